The zero-order valence-electron chi connectivity index (χ0n) is 37.4. The third kappa shape index (κ3) is 9.44. The number of carbonyl (C=O) groups is 1. The number of hydrogen-bond donors (Lipinski definition) is 3. The number of hydrogen-bond acceptors (Lipinski definition) is 13. The van der Waals surface area contributed by atoms with Crippen molar-refractivity contribution in [3.8, 4) is 11.5 Å². The smallest absolute Gasteiger partial charge is 0.297 e. The molecule has 3 aromatic carbocycles. The molecule has 3 saturated heterocycles. The summed E-state index contributed by atoms with van der Waals surface area (Å²) in [6, 6.07) is 18.8. The number of rotatable bonds is 11. The average molecular weight is 901 g/mol. The van der Waals surface area contributed by atoms with E-state index in [0.29, 0.717) is 30.7 Å². The fraction of sp³-hybridized carbons (Fsp3) is 0.604. The first-order valence-corrected chi connectivity index (χ1v) is 24.8. The summed E-state index contributed by atoms with van der Waals surface area (Å²) in [4.78, 5) is 32.2. The Morgan fingerprint density at radius 2 is 1.66 bits per heavy atom. The highest BCUT2D eigenvalue weighted by Gasteiger charge is 2.50. The third-order valence-electron chi connectivity index (χ3n) is 15.1. The van der Waals surface area contributed by atoms with Crippen molar-refractivity contribution >= 4 is 33.0 Å². The molecule has 64 heavy (non-hydrogen) atoms. The number of fused-ring (bicyclic) bond motifs is 1. The van der Waals surface area contributed by atoms with E-state index in [2.05, 4.69) is 62.9 Å². The highest BCUT2D eigenvalue weighted by atomic mass is 32.2. The minimum Gasteiger partial charge on any atom is -0.491 e. The lowest BCUT2D eigenvalue weighted by Crippen LogP contribution is -2.61. The van der Waals surface area contributed by atoms with Crippen LogP contribution in [-0.4, -0.2) is 117 Å². The number of ether oxygens (including phenoxy) is 3. The van der Waals surface area contributed by atoms with Gasteiger partial charge in [-0.3, -0.25) is 24.7 Å². The Labute approximate surface area is 377 Å². The molecule has 4 aliphatic heterocycles. The molecule has 16 heteroatoms. The molecule has 0 unspecified atom stereocenters. The minimum atomic E-state index is -4.48. The van der Waals surface area contributed by atoms with E-state index in [1.54, 1.807) is 12.1 Å². The standard InChI is InChI=1S/C48H64N6O9S/c1-32(2)63-43-7-5-4-6-39(43)42-30-52(36-12-16-47(3,56)17-13-36)22-23-53(42)37-28-48(29-37)18-20-51(21-19-48)35-10-8-34(9-11-35)46(55)50-64(59,60)38-26-41(54(57)58)45-44(27-38)62-31-40(49-45)33-14-24-61-25-15-33/h4-11,26-27,32-33,36-37,40,42,49,56H,12-25,28-31H2,1-3H3,(H,50,55)/t36?,40-,42-,47?/m0/s1. The summed E-state index contributed by atoms with van der Waals surface area (Å²) in [7, 11) is -4.48. The van der Waals surface area contributed by atoms with Gasteiger partial charge in [-0.05, 0) is 127 Å². The van der Waals surface area contributed by atoms with Crippen molar-refractivity contribution in [2.45, 2.75) is 126 Å². The lowest BCUT2D eigenvalue weighted by Gasteiger charge is -2.59. The van der Waals surface area contributed by atoms with Crippen molar-refractivity contribution < 1.29 is 37.5 Å². The lowest BCUT2D eigenvalue weighted by atomic mass is 9.59. The summed E-state index contributed by atoms with van der Waals surface area (Å²) >= 11 is 0. The van der Waals surface area contributed by atoms with Gasteiger partial charge in [-0.25, -0.2) is 13.1 Å². The van der Waals surface area contributed by atoms with Crippen LogP contribution in [-0.2, 0) is 14.8 Å². The minimum absolute atomic E-state index is 0.0581. The Hall–Kier alpha value is -4.48. The molecule has 3 N–H and O–H groups in total. The summed E-state index contributed by atoms with van der Waals surface area (Å²) in [6.07, 6.45) is 9.90. The molecule has 5 fully saturated rings. The Morgan fingerprint density at radius 3 is 2.34 bits per heavy atom. The number of para-hydroxylation sites is 1. The van der Waals surface area contributed by atoms with Gasteiger partial charge >= 0.3 is 0 Å². The molecule has 15 nitrogen and oxygen atoms in total. The summed E-state index contributed by atoms with van der Waals surface area (Å²) in [5.41, 5.74) is 1.85. The number of nitrogens with one attached hydrogen (secondary N) is 2. The molecule has 2 atom stereocenters. The fourth-order valence-electron chi connectivity index (χ4n) is 11.4. The van der Waals surface area contributed by atoms with Crippen LogP contribution in [0.3, 0.4) is 0 Å². The van der Waals surface area contributed by atoms with Crippen molar-refractivity contribution in [2.75, 3.05) is 62.8 Å². The van der Waals surface area contributed by atoms with Crippen LogP contribution >= 0.6 is 0 Å². The maximum absolute atomic E-state index is 13.5. The van der Waals surface area contributed by atoms with Crippen molar-refractivity contribution in [3.05, 3.63) is 81.9 Å². The van der Waals surface area contributed by atoms with Crippen molar-refractivity contribution in [2.24, 2.45) is 11.3 Å². The van der Waals surface area contributed by atoms with E-state index in [0.717, 1.165) is 114 Å². The first-order chi connectivity index (χ1) is 30.7. The summed E-state index contributed by atoms with van der Waals surface area (Å²) in [6.45, 7) is 12.4. The van der Waals surface area contributed by atoms with Crippen molar-refractivity contribution in [1.29, 1.82) is 0 Å². The van der Waals surface area contributed by atoms with E-state index in [9.17, 15) is 28.4 Å². The van der Waals surface area contributed by atoms with E-state index in [-0.39, 0.29) is 47.7 Å². The van der Waals surface area contributed by atoms with Gasteiger partial charge in [0.2, 0.25) is 0 Å². The Balaban J connectivity index is 0.811. The van der Waals surface area contributed by atoms with Gasteiger partial charge in [0.05, 0.1) is 33.6 Å². The Bertz CT molecular complexity index is 2280. The van der Waals surface area contributed by atoms with Crippen LogP contribution in [0.4, 0.5) is 17.1 Å². The van der Waals surface area contributed by atoms with Gasteiger partial charge < -0.3 is 29.5 Å². The number of carbonyl (C=O) groups excluding carboxylic acids is 1. The number of anilines is 2. The van der Waals surface area contributed by atoms with Crippen LogP contribution in [0.15, 0.2) is 65.6 Å². The number of piperazine rings is 1. The summed E-state index contributed by atoms with van der Waals surface area (Å²) < 4.78 is 46.8. The van der Waals surface area contributed by atoms with Gasteiger partial charge in [0.25, 0.3) is 21.6 Å². The molecule has 1 spiro atoms. The number of nitrogens with zero attached hydrogens (tertiary/aromatic N) is 4. The number of aliphatic hydroxyl groups is 1. The second-order valence-electron chi connectivity index (χ2n) is 19.8. The van der Waals surface area contributed by atoms with Crippen LogP contribution in [0.2, 0.25) is 0 Å². The molecular formula is C48H64N6O9S. The van der Waals surface area contributed by atoms with Gasteiger partial charge in [0, 0.05) is 87.0 Å². The van der Waals surface area contributed by atoms with E-state index >= 15 is 0 Å². The number of nitro groups is 1. The predicted molar refractivity (Wildman–Crippen MR) is 244 cm³/mol. The predicted octanol–water partition coefficient (Wildman–Crippen LogP) is 6.90. The van der Waals surface area contributed by atoms with Crippen molar-refractivity contribution in [1.82, 2.24) is 14.5 Å². The second kappa shape index (κ2) is 18.1. The first kappa shape index (κ1) is 44.7. The molecule has 0 bridgehead atoms. The van der Waals surface area contributed by atoms with Gasteiger partial charge in [0.15, 0.2) is 11.4 Å². The number of nitro benzene ring substituents is 1. The molecule has 9 rings (SSSR count). The van der Waals surface area contributed by atoms with Crippen LogP contribution in [0, 0.1) is 21.4 Å². The van der Waals surface area contributed by atoms with E-state index in [1.165, 1.54) is 11.6 Å². The molecule has 3 aromatic rings. The number of sulfonamides is 1. The fourth-order valence-corrected chi connectivity index (χ4v) is 12.4. The summed E-state index contributed by atoms with van der Waals surface area (Å²) in [5.74, 6) is 0.411. The topological polar surface area (TPSA) is 176 Å². The first-order valence-electron chi connectivity index (χ1n) is 23.4. The quantitative estimate of drug-likeness (QED) is 0.134. The van der Waals surface area contributed by atoms with Crippen LogP contribution in [0.5, 0.6) is 11.5 Å². The summed E-state index contributed by atoms with van der Waals surface area (Å²) in [5, 5.41) is 26.0. The van der Waals surface area contributed by atoms with Gasteiger partial charge in [0.1, 0.15) is 12.4 Å². The molecule has 6 aliphatic rings. The lowest BCUT2D eigenvalue weighted by molar-refractivity contribution is -0.384. The van der Waals surface area contributed by atoms with Crippen LogP contribution in [0.1, 0.15) is 107 Å². The monoisotopic (exact) mass is 900 g/mol. The molecule has 1 amide bonds. The Kier molecular flexibility index (Phi) is 12.6. The third-order valence-corrected chi connectivity index (χ3v) is 16.5. The number of benzene rings is 3. The number of amides is 1. The Morgan fingerprint density at radius 1 is 0.953 bits per heavy atom. The zero-order chi connectivity index (χ0) is 44.8. The molecule has 2 saturated carbocycles. The van der Waals surface area contributed by atoms with Gasteiger partial charge in [-0.15, -0.1) is 0 Å². The van der Waals surface area contributed by atoms with Gasteiger partial charge in [-0.2, -0.15) is 0 Å². The number of piperidine rings is 1. The molecule has 2 aliphatic carbocycles. The van der Waals surface area contributed by atoms with Gasteiger partial charge in [-0.1, -0.05) is 18.2 Å². The normalized spacial score (nSPS) is 27.0. The highest BCUT2D eigenvalue weighted by molar-refractivity contribution is 7.90. The molecule has 4 heterocycles. The zero-order valence-corrected chi connectivity index (χ0v) is 38.2. The molecule has 0 aromatic heterocycles. The largest absolute Gasteiger partial charge is 0.491 e. The van der Waals surface area contributed by atoms with Crippen LogP contribution in [0.25, 0.3) is 0 Å². The maximum Gasteiger partial charge on any atom is 0.297 e. The van der Waals surface area contributed by atoms with E-state index in [4.69, 9.17) is 14.2 Å². The second-order valence-corrected chi connectivity index (χ2v) is 21.5. The molecule has 0 radical (unpaired) electrons. The van der Waals surface area contributed by atoms with Crippen molar-refractivity contribution in [3.63, 3.8) is 0 Å². The molecular weight excluding hydrogens is 837 g/mol. The average Bonchev–Trinajstić information content (AvgIpc) is 3.27. The highest BCUT2D eigenvalue weighted by Crippen LogP contribution is 2.54. The maximum atomic E-state index is 13.5. The molecule has 346 valence electrons. The van der Waals surface area contributed by atoms with E-state index < -0.39 is 37.0 Å². The van der Waals surface area contributed by atoms with Crippen LogP contribution < -0.4 is 24.4 Å². The SMILES string of the molecule is CC(C)Oc1ccccc1[C@@H]1CN(C2CCC(C)(O)CC2)CCN1C1CC2(CCN(c3ccc(C(=O)NS(=O)(=O)c4cc5c(c([N+](=O)[O-])c4)N[C@H](C4CCOCC4)CO5)cc3)CC2)C1. The van der Waals surface area contributed by atoms with E-state index in [1.807, 2.05) is 19.1 Å².